The number of amides is 2. The fourth-order valence-corrected chi connectivity index (χ4v) is 2.69. The van der Waals surface area contributed by atoms with Crippen LogP contribution < -0.4 is 10.2 Å². The van der Waals surface area contributed by atoms with Crippen molar-refractivity contribution in [2.75, 3.05) is 36.4 Å². The van der Waals surface area contributed by atoms with Crippen molar-refractivity contribution < 1.29 is 14.0 Å². The van der Waals surface area contributed by atoms with Crippen molar-refractivity contribution in [1.29, 1.82) is 0 Å². The van der Waals surface area contributed by atoms with Crippen LogP contribution in [0.15, 0.2) is 54.6 Å². The lowest BCUT2D eigenvalue weighted by atomic mass is 10.2. The molecule has 0 spiro atoms. The van der Waals surface area contributed by atoms with Crippen LogP contribution in [0.1, 0.15) is 0 Å². The van der Waals surface area contributed by atoms with Gasteiger partial charge in [0.25, 0.3) is 0 Å². The van der Waals surface area contributed by atoms with Gasteiger partial charge >= 0.3 is 11.8 Å². The zero-order chi connectivity index (χ0) is 16.9. The molecule has 2 aromatic carbocycles. The smallest absolute Gasteiger partial charge is 0.313 e. The fraction of sp³-hybridized carbons (Fsp3) is 0.222. The van der Waals surface area contributed by atoms with Gasteiger partial charge in [0, 0.05) is 31.9 Å². The second-order valence-electron chi connectivity index (χ2n) is 5.55. The normalized spacial score (nSPS) is 14.4. The Morgan fingerprint density at radius 1 is 0.875 bits per heavy atom. The van der Waals surface area contributed by atoms with Crippen LogP contribution >= 0.6 is 0 Å². The molecule has 0 unspecified atom stereocenters. The Morgan fingerprint density at radius 3 is 2.17 bits per heavy atom. The average molecular weight is 327 g/mol. The first kappa shape index (κ1) is 16.0. The molecule has 124 valence electrons. The molecule has 0 aliphatic carbocycles. The van der Waals surface area contributed by atoms with Crippen LogP contribution in [0.5, 0.6) is 0 Å². The molecule has 5 nitrogen and oxygen atoms in total. The molecule has 1 saturated heterocycles. The first-order chi connectivity index (χ1) is 11.6. The highest BCUT2D eigenvalue weighted by atomic mass is 19.1. The van der Waals surface area contributed by atoms with E-state index in [-0.39, 0.29) is 5.69 Å². The monoisotopic (exact) mass is 327 g/mol. The van der Waals surface area contributed by atoms with E-state index in [1.54, 1.807) is 6.07 Å². The molecule has 0 radical (unpaired) electrons. The van der Waals surface area contributed by atoms with E-state index in [9.17, 15) is 14.0 Å². The van der Waals surface area contributed by atoms with Crippen LogP contribution in [-0.2, 0) is 9.59 Å². The summed E-state index contributed by atoms with van der Waals surface area (Å²) in [6.45, 7) is 2.22. The average Bonchev–Trinajstić information content (AvgIpc) is 2.64. The van der Waals surface area contributed by atoms with Crippen LogP contribution in [0.25, 0.3) is 0 Å². The number of hydrogen-bond donors (Lipinski definition) is 1. The molecule has 1 aliphatic rings. The highest BCUT2D eigenvalue weighted by Gasteiger charge is 2.26. The lowest BCUT2D eigenvalue weighted by molar-refractivity contribution is -0.143. The Hall–Kier alpha value is -2.89. The number of rotatable bonds is 2. The summed E-state index contributed by atoms with van der Waals surface area (Å²) in [5.41, 5.74) is 1.11. The van der Waals surface area contributed by atoms with Gasteiger partial charge in [0.05, 0.1) is 5.69 Å². The predicted octanol–water partition coefficient (Wildman–Crippen LogP) is 2.11. The van der Waals surface area contributed by atoms with E-state index in [2.05, 4.69) is 10.2 Å². The summed E-state index contributed by atoms with van der Waals surface area (Å²) in [6.07, 6.45) is 0. The Labute approximate surface area is 139 Å². The summed E-state index contributed by atoms with van der Waals surface area (Å²) in [5, 5.41) is 2.33. The molecular weight excluding hydrogens is 309 g/mol. The van der Waals surface area contributed by atoms with Gasteiger partial charge in [0.2, 0.25) is 0 Å². The predicted molar refractivity (Wildman–Crippen MR) is 90.3 cm³/mol. The number of para-hydroxylation sites is 2. The van der Waals surface area contributed by atoms with Gasteiger partial charge in [0.1, 0.15) is 5.82 Å². The molecule has 0 saturated carbocycles. The number of anilines is 2. The second-order valence-corrected chi connectivity index (χ2v) is 5.55. The summed E-state index contributed by atoms with van der Waals surface area (Å²) in [5.74, 6) is -2.01. The molecule has 6 heteroatoms. The van der Waals surface area contributed by atoms with E-state index in [1.807, 2.05) is 30.3 Å². The molecule has 0 aromatic heterocycles. The highest BCUT2D eigenvalue weighted by Crippen LogP contribution is 2.16. The lowest BCUT2D eigenvalue weighted by Gasteiger charge is -2.35. The topological polar surface area (TPSA) is 52.7 Å². The summed E-state index contributed by atoms with van der Waals surface area (Å²) in [6, 6.07) is 15.7. The third-order valence-corrected chi connectivity index (χ3v) is 4.00. The Bertz CT molecular complexity index is 728. The number of benzene rings is 2. The van der Waals surface area contributed by atoms with Gasteiger partial charge in [-0.15, -0.1) is 0 Å². The minimum Gasteiger partial charge on any atom is -0.368 e. The van der Waals surface area contributed by atoms with E-state index in [0.29, 0.717) is 26.2 Å². The van der Waals surface area contributed by atoms with Gasteiger partial charge in [-0.25, -0.2) is 4.39 Å². The van der Waals surface area contributed by atoms with E-state index in [1.165, 1.54) is 23.1 Å². The number of hydrogen-bond acceptors (Lipinski definition) is 3. The summed E-state index contributed by atoms with van der Waals surface area (Å²) in [4.78, 5) is 27.9. The van der Waals surface area contributed by atoms with Crippen molar-refractivity contribution in [3.05, 3.63) is 60.4 Å². The van der Waals surface area contributed by atoms with Crippen molar-refractivity contribution in [2.45, 2.75) is 0 Å². The first-order valence-corrected chi connectivity index (χ1v) is 7.80. The quantitative estimate of drug-likeness (QED) is 0.860. The minimum atomic E-state index is -0.812. The van der Waals surface area contributed by atoms with E-state index >= 15 is 0 Å². The molecule has 0 bridgehead atoms. The lowest BCUT2D eigenvalue weighted by Crippen LogP contribution is -2.51. The van der Waals surface area contributed by atoms with Crippen LogP contribution in [0.4, 0.5) is 15.8 Å². The largest absolute Gasteiger partial charge is 0.368 e. The van der Waals surface area contributed by atoms with Gasteiger partial charge in [-0.1, -0.05) is 30.3 Å². The van der Waals surface area contributed by atoms with Gasteiger partial charge in [-0.05, 0) is 24.3 Å². The molecule has 2 amide bonds. The minimum absolute atomic E-state index is 0.0128. The van der Waals surface area contributed by atoms with Crippen molar-refractivity contribution in [3.8, 4) is 0 Å². The van der Waals surface area contributed by atoms with Crippen LogP contribution in [0, 0.1) is 5.82 Å². The number of carbonyl (C=O) groups is 2. The van der Waals surface area contributed by atoms with E-state index in [0.717, 1.165) is 5.69 Å². The first-order valence-electron chi connectivity index (χ1n) is 7.80. The molecule has 3 rings (SSSR count). The Kier molecular flexibility index (Phi) is 4.74. The standard InChI is InChI=1S/C18H18FN3O2/c19-15-8-4-5-9-16(15)20-17(23)18(24)22-12-10-21(11-13-22)14-6-2-1-3-7-14/h1-9H,10-13H2,(H,20,23). The SMILES string of the molecule is O=C(Nc1ccccc1F)C(=O)N1CCN(c2ccccc2)CC1. The summed E-state index contributed by atoms with van der Waals surface area (Å²) >= 11 is 0. The fourth-order valence-electron chi connectivity index (χ4n) is 2.69. The zero-order valence-electron chi connectivity index (χ0n) is 13.1. The van der Waals surface area contributed by atoms with E-state index in [4.69, 9.17) is 0 Å². The maximum Gasteiger partial charge on any atom is 0.313 e. The van der Waals surface area contributed by atoms with Crippen LogP contribution in [0.3, 0.4) is 0 Å². The summed E-state index contributed by atoms with van der Waals surface area (Å²) in [7, 11) is 0. The zero-order valence-corrected chi connectivity index (χ0v) is 13.1. The van der Waals surface area contributed by atoms with Crippen LogP contribution in [0.2, 0.25) is 0 Å². The third kappa shape index (κ3) is 3.53. The van der Waals surface area contributed by atoms with Crippen molar-refractivity contribution >= 4 is 23.2 Å². The maximum absolute atomic E-state index is 13.5. The number of nitrogens with zero attached hydrogens (tertiary/aromatic N) is 2. The van der Waals surface area contributed by atoms with Crippen molar-refractivity contribution in [1.82, 2.24) is 4.90 Å². The van der Waals surface area contributed by atoms with Gasteiger partial charge in [-0.2, -0.15) is 0 Å². The van der Waals surface area contributed by atoms with Crippen molar-refractivity contribution in [3.63, 3.8) is 0 Å². The molecule has 1 aliphatic heterocycles. The number of halogens is 1. The third-order valence-electron chi connectivity index (χ3n) is 4.00. The Morgan fingerprint density at radius 2 is 1.50 bits per heavy atom. The van der Waals surface area contributed by atoms with E-state index < -0.39 is 17.6 Å². The van der Waals surface area contributed by atoms with Gasteiger partial charge < -0.3 is 15.1 Å². The van der Waals surface area contributed by atoms with Crippen molar-refractivity contribution in [2.24, 2.45) is 0 Å². The molecule has 24 heavy (non-hydrogen) atoms. The molecule has 1 fully saturated rings. The molecule has 1 heterocycles. The molecule has 2 aromatic rings. The highest BCUT2D eigenvalue weighted by molar-refractivity contribution is 6.39. The van der Waals surface area contributed by atoms with Gasteiger partial charge in [-0.3, -0.25) is 9.59 Å². The molecule has 1 N–H and O–H groups in total. The Balaban J connectivity index is 1.57. The maximum atomic E-state index is 13.5. The van der Waals surface area contributed by atoms with Gasteiger partial charge in [0.15, 0.2) is 0 Å². The number of carbonyl (C=O) groups excluding carboxylic acids is 2. The van der Waals surface area contributed by atoms with Crippen LogP contribution in [-0.4, -0.2) is 42.9 Å². The number of nitrogens with one attached hydrogen (secondary N) is 1. The second kappa shape index (κ2) is 7.12. The molecular formula is C18H18FN3O2. The molecule has 0 atom stereocenters. The number of piperazine rings is 1. The summed E-state index contributed by atoms with van der Waals surface area (Å²) < 4.78 is 13.5.